The highest BCUT2D eigenvalue weighted by atomic mass is 35.5. The summed E-state index contributed by atoms with van der Waals surface area (Å²) in [6.45, 7) is 5.24. The molecule has 0 aromatic heterocycles. The molecule has 1 aromatic rings. The Bertz CT molecular complexity index is 648. The number of halogens is 1. The van der Waals surface area contributed by atoms with Crippen molar-refractivity contribution in [2.24, 2.45) is 0 Å². The predicted octanol–water partition coefficient (Wildman–Crippen LogP) is 3.63. The van der Waals surface area contributed by atoms with Crippen LogP contribution < -0.4 is 10.6 Å². The summed E-state index contributed by atoms with van der Waals surface area (Å²) >= 11 is 6.02. The first-order valence-electron chi connectivity index (χ1n) is 8.90. The van der Waals surface area contributed by atoms with Crippen molar-refractivity contribution in [1.82, 2.24) is 10.6 Å². The third-order valence-corrected chi connectivity index (χ3v) is 3.75. The van der Waals surface area contributed by atoms with Gasteiger partial charge in [0.25, 0.3) is 0 Å². The van der Waals surface area contributed by atoms with Crippen LogP contribution in [0, 0.1) is 0 Å². The normalized spacial score (nSPS) is 13.1. The topological polar surface area (TPSA) is 114 Å². The van der Waals surface area contributed by atoms with E-state index in [1.165, 1.54) is 0 Å². The van der Waals surface area contributed by atoms with Crippen molar-refractivity contribution in [3.05, 3.63) is 35.9 Å². The lowest BCUT2D eigenvalue weighted by molar-refractivity contribution is -0.139. The maximum Gasteiger partial charge on any atom is 0.408 e. The number of benzene rings is 1. The second-order valence-electron chi connectivity index (χ2n) is 7.14. The minimum absolute atomic E-state index is 0.0442. The Hall–Kier alpha value is -2.48. The number of alkyl halides is 1. The smallest absolute Gasteiger partial charge is 0.408 e. The van der Waals surface area contributed by atoms with Crippen molar-refractivity contribution in [3.63, 3.8) is 0 Å². The van der Waals surface area contributed by atoms with E-state index in [9.17, 15) is 19.5 Å². The average molecular weight is 415 g/mol. The van der Waals surface area contributed by atoms with Gasteiger partial charge in [0, 0.05) is 0 Å². The molecule has 0 bridgehead atoms. The number of aliphatic carboxylic acids is 1. The fraction of sp³-hybridized carbons (Fsp3) is 0.526. The number of rotatable bonds is 9. The highest BCUT2D eigenvalue weighted by molar-refractivity contribution is 6.21. The zero-order chi connectivity index (χ0) is 21.2. The quantitative estimate of drug-likeness (QED) is 0.420. The largest absolute Gasteiger partial charge is 0.480 e. The minimum Gasteiger partial charge on any atom is -0.480 e. The molecule has 0 fully saturated rings. The standard InChI is InChI=1S/C19H27ClN2O6/c1-19(2,3)28-18(26)22-15(20)11-7-10-14(16(23)24)21-17(25)27-12-13-8-5-4-6-9-13/h4-6,8-9,14-15H,7,10-12H2,1-3H3,(H,21,25)(H,22,26)(H,23,24)/t14-,15?/m0/s1. The van der Waals surface area contributed by atoms with Gasteiger partial charge < -0.3 is 25.2 Å². The highest BCUT2D eigenvalue weighted by Gasteiger charge is 2.22. The van der Waals surface area contributed by atoms with Gasteiger partial charge in [-0.25, -0.2) is 14.4 Å². The van der Waals surface area contributed by atoms with Crippen LogP contribution >= 0.6 is 11.6 Å². The van der Waals surface area contributed by atoms with Gasteiger partial charge in [-0.15, -0.1) is 0 Å². The Morgan fingerprint density at radius 2 is 1.71 bits per heavy atom. The molecule has 1 unspecified atom stereocenters. The molecule has 0 radical (unpaired) electrons. The lowest BCUT2D eigenvalue weighted by Gasteiger charge is -2.21. The number of carbonyl (C=O) groups excluding carboxylic acids is 2. The first-order valence-corrected chi connectivity index (χ1v) is 9.34. The van der Waals surface area contributed by atoms with Crippen LogP contribution in [0.15, 0.2) is 30.3 Å². The fourth-order valence-corrected chi connectivity index (χ4v) is 2.42. The zero-order valence-electron chi connectivity index (χ0n) is 16.2. The summed E-state index contributed by atoms with van der Waals surface area (Å²) in [5, 5.41) is 14.0. The Labute approximate surface area is 169 Å². The van der Waals surface area contributed by atoms with Crippen LogP contribution in [0.3, 0.4) is 0 Å². The van der Waals surface area contributed by atoms with Crippen LogP contribution in [-0.4, -0.2) is 40.4 Å². The van der Waals surface area contributed by atoms with Crippen molar-refractivity contribution in [1.29, 1.82) is 0 Å². The average Bonchev–Trinajstić information content (AvgIpc) is 2.58. The van der Waals surface area contributed by atoms with E-state index < -0.39 is 35.3 Å². The summed E-state index contributed by atoms with van der Waals surface area (Å²) < 4.78 is 10.1. The first kappa shape index (κ1) is 23.6. The molecular formula is C19H27ClN2O6. The van der Waals surface area contributed by atoms with Gasteiger partial charge in [0.2, 0.25) is 0 Å². The van der Waals surface area contributed by atoms with E-state index in [4.69, 9.17) is 21.1 Å². The summed E-state index contributed by atoms with van der Waals surface area (Å²) in [7, 11) is 0. The Balaban J connectivity index is 2.34. The van der Waals surface area contributed by atoms with Crippen molar-refractivity contribution < 1.29 is 29.0 Å². The molecule has 0 aliphatic carbocycles. The van der Waals surface area contributed by atoms with Crippen LogP contribution in [0.1, 0.15) is 45.6 Å². The predicted molar refractivity (Wildman–Crippen MR) is 104 cm³/mol. The molecule has 9 heteroatoms. The number of carbonyl (C=O) groups is 3. The number of hydrogen-bond acceptors (Lipinski definition) is 5. The van der Waals surface area contributed by atoms with Crippen LogP contribution in [0.25, 0.3) is 0 Å². The Morgan fingerprint density at radius 1 is 1.07 bits per heavy atom. The van der Waals surface area contributed by atoms with Crippen LogP contribution in [-0.2, 0) is 20.9 Å². The summed E-state index contributed by atoms with van der Waals surface area (Å²) in [5.74, 6) is -1.18. The molecule has 1 aromatic carbocycles. The molecule has 3 N–H and O–H groups in total. The SMILES string of the molecule is CC(C)(C)OC(=O)NC(Cl)CCC[C@H](NC(=O)OCc1ccccc1)C(=O)O. The fourth-order valence-electron chi connectivity index (χ4n) is 2.17. The van der Waals surface area contributed by atoms with E-state index in [1.54, 1.807) is 32.9 Å². The molecule has 28 heavy (non-hydrogen) atoms. The first-order chi connectivity index (χ1) is 13.1. The van der Waals surface area contributed by atoms with Crippen molar-refractivity contribution in [3.8, 4) is 0 Å². The van der Waals surface area contributed by atoms with E-state index in [0.29, 0.717) is 12.8 Å². The van der Waals surface area contributed by atoms with E-state index in [1.807, 2.05) is 18.2 Å². The van der Waals surface area contributed by atoms with Crippen LogP contribution in [0.5, 0.6) is 0 Å². The lowest BCUT2D eigenvalue weighted by atomic mass is 10.1. The summed E-state index contributed by atoms with van der Waals surface area (Å²) in [6, 6.07) is 7.93. The molecule has 1 rings (SSSR count). The Morgan fingerprint density at radius 3 is 2.29 bits per heavy atom. The molecule has 0 saturated heterocycles. The van der Waals surface area contributed by atoms with Gasteiger partial charge in [0.05, 0.1) is 0 Å². The van der Waals surface area contributed by atoms with E-state index in [0.717, 1.165) is 5.56 Å². The van der Waals surface area contributed by atoms with Gasteiger partial charge in [-0.2, -0.15) is 0 Å². The number of ether oxygens (including phenoxy) is 2. The minimum atomic E-state index is -1.18. The maximum atomic E-state index is 11.8. The lowest BCUT2D eigenvalue weighted by Crippen LogP contribution is -2.41. The molecule has 0 aliphatic rings. The van der Waals surface area contributed by atoms with E-state index in [-0.39, 0.29) is 13.0 Å². The van der Waals surface area contributed by atoms with E-state index >= 15 is 0 Å². The van der Waals surface area contributed by atoms with Gasteiger partial charge >= 0.3 is 18.2 Å². The highest BCUT2D eigenvalue weighted by Crippen LogP contribution is 2.11. The molecule has 2 atom stereocenters. The third-order valence-electron chi connectivity index (χ3n) is 3.43. The van der Waals surface area contributed by atoms with Crippen LogP contribution in [0.4, 0.5) is 9.59 Å². The van der Waals surface area contributed by atoms with Gasteiger partial charge in [-0.1, -0.05) is 41.9 Å². The van der Waals surface area contributed by atoms with E-state index in [2.05, 4.69) is 10.6 Å². The van der Waals surface area contributed by atoms with Crippen molar-refractivity contribution in [2.45, 2.75) is 63.8 Å². The van der Waals surface area contributed by atoms with Crippen molar-refractivity contribution in [2.75, 3.05) is 0 Å². The number of nitrogens with one attached hydrogen (secondary N) is 2. The monoisotopic (exact) mass is 414 g/mol. The number of carboxylic acid groups (broad SMARTS) is 1. The molecule has 0 spiro atoms. The summed E-state index contributed by atoms with van der Waals surface area (Å²) in [5.41, 5.74) is -0.559. The second kappa shape index (κ2) is 11.4. The number of hydrogen-bond donors (Lipinski definition) is 3. The zero-order valence-corrected chi connectivity index (χ0v) is 17.0. The molecule has 156 valence electrons. The maximum absolute atomic E-state index is 11.8. The molecule has 0 heterocycles. The van der Waals surface area contributed by atoms with Gasteiger partial charge in [-0.05, 0) is 45.6 Å². The molecule has 2 amide bonds. The summed E-state index contributed by atoms with van der Waals surface area (Å²) in [6.07, 6.45) is -0.657. The molecule has 8 nitrogen and oxygen atoms in total. The Kier molecular flexibility index (Phi) is 9.58. The summed E-state index contributed by atoms with van der Waals surface area (Å²) in [4.78, 5) is 34.8. The molecule has 0 aliphatic heterocycles. The molecule has 0 saturated carbocycles. The number of alkyl carbamates (subject to hydrolysis) is 2. The number of carboxylic acids is 1. The molecular weight excluding hydrogens is 388 g/mol. The second-order valence-corrected chi connectivity index (χ2v) is 7.67. The third kappa shape index (κ3) is 10.6. The van der Waals surface area contributed by atoms with Crippen molar-refractivity contribution >= 4 is 29.8 Å². The van der Waals surface area contributed by atoms with Crippen LogP contribution in [0.2, 0.25) is 0 Å². The van der Waals surface area contributed by atoms with Gasteiger partial charge in [0.15, 0.2) is 0 Å². The van der Waals surface area contributed by atoms with Gasteiger partial charge in [0.1, 0.15) is 23.8 Å². The van der Waals surface area contributed by atoms with Gasteiger partial charge in [-0.3, -0.25) is 0 Å². The number of amides is 2.